The molecule has 1 saturated heterocycles. The Morgan fingerprint density at radius 2 is 2.46 bits per heavy atom. The smallest absolute Gasteiger partial charge is 0.129 e. The number of carbonyl (C=O) groups is 1. The highest BCUT2D eigenvalue weighted by atomic mass is 32.2. The van der Waals surface area contributed by atoms with Crippen LogP contribution in [-0.4, -0.2) is 30.0 Å². The molecule has 76 valence electrons. The topological polar surface area (TPSA) is 26.3 Å². The van der Waals surface area contributed by atoms with Gasteiger partial charge in [-0.05, 0) is 31.9 Å². The lowest BCUT2D eigenvalue weighted by Gasteiger charge is -2.07. The van der Waals surface area contributed by atoms with E-state index in [2.05, 4.69) is 0 Å². The molecule has 3 heteroatoms. The third kappa shape index (κ3) is 5.32. The first-order valence-electron chi connectivity index (χ1n) is 4.98. The maximum absolute atomic E-state index is 10.6. The van der Waals surface area contributed by atoms with E-state index in [1.807, 2.05) is 11.8 Å². The molecule has 2 nitrogen and oxygen atoms in total. The Labute approximate surface area is 84.4 Å². The summed E-state index contributed by atoms with van der Waals surface area (Å²) in [7, 11) is 0. The standard InChI is InChI=1S/C10H18O2S/c1-9(11)4-3-7-13-8-10-5-2-6-12-10/h10H,2-8H2,1H3. The quantitative estimate of drug-likeness (QED) is 0.618. The van der Waals surface area contributed by atoms with E-state index < -0.39 is 0 Å². The molecule has 0 radical (unpaired) electrons. The van der Waals surface area contributed by atoms with Crippen molar-refractivity contribution in [2.24, 2.45) is 0 Å². The Balaban J connectivity index is 1.86. The average molecular weight is 202 g/mol. The van der Waals surface area contributed by atoms with Gasteiger partial charge in [-0.15, -0.1) is 0 Å². The third-order valence-corrected chi connectivity index (χ3v) is 3.33. The van der Waals surface area contributed by atoms with E-state index in [4.69, 9.17) is 4.74 Å². The fraction of sp³-hybridized carbons (Fsp3) is 0.900. The molecule has 1 unspecified atom stereocenters. The molecule has 1 rings (SSSR count). The first-order chi connectivity index (χ1) is 6.29. The van der Waals surface area contributed by atoms with E-state index in [0.717, 1.165) is 31.0 Å². The number of Topliss-reactive ketones (excluding diaryl/α,β-unsaturated/α-hetero) is 1. The van der Waals surface area contributed by atoms with Crippen molar-refractivity contribution in [1.29, 1.82) is 0 Å². The lowest BCUT2D eigenvalue weighted by Crippen LogP contribution is -2.08. The first-order valence-corrected chi connectivity index (χ1v) is 6.13. The van der Waals surface area contributed by atoms with Crippen LogP contribution in [0.2, 0.25) is 0 Å². The molecule has 1 aliphatic rings. The maximum Gasteiger partial charge on any atom is 0.129 e. The van der Waals surface area contributed by atoms with E-state index in [9.17, 15) is 4.79 Å². The maximum atomic E-state index is 10.6. The molecule has 1 heterocycles. The van der Waals surface area contributed by atoms with Crippen molar-refractivity contribution >= 4 is 17.5 Å². The number of carbonyl (C=O) groups excluding carboxylic acids is 1. The molecule has 0 aliphatic carbocycles. The molecule has 1 fully saturated rings. The molecular formula is C10H18O2S. The van der Waals surface area contributed by atoms with Crippen molar-refractivity contribution in [3.05, 3.63) is 0 Å². The van der Waals surface area contributed by atoms with Crippen LogP contribution < -0.4 is 0 Å². The van der Waals surface area contributed by atoms with Crippen LogP contribution >= 0.6 is 11.8 Å². The summed E-state index contributed by atoms with van der Waals surface area (Å²) in [6.07, 6.45) is 4.69. The second kappa shape index (κ2) is 6.44. The molecule has 13 heavy (non-hydrogen) atoms. The van der Waals surface area contributed by atoms with Gasteiger partial charge in [0, 0.05) is 18.8 Å². The number of hydrogen-bond acceptors (Lipinski definition) is 3. The van der Waals surface area contributed by atoms with Gasteiger partial charge >= 0.3 is 0 Å². The van der Waals surface area contributed by atoms with Gasteiger partial charge in [0.15, 0.2) is 0 Å². The molecule has 0 aromatic heterocycles. The number of rotatable bonds is 6. The molecule has 0 aromatic carbocycles. The predicted octanol–water partition coefficient (Wildman–Crippen LogP) is 2.27. The molecule has 1 aliphatic heterocycles. The second-order valence-electron chi connectivity index (χ2n) is 3.52. The van der Waals surface area contributed by atoms with Crippen LogP contribution in [0.4, 0.5) is 0 Å². The van der Waals surface area contributed by atoms with E-state index in [0.29, 0.717) is 11.9 Å². The van der Waals surface area contributed by atoms with Crippen LogP contribution in [0.25, 0.3) is 0 Å². The molecule has 1 atom stereocenters. The Hall–Kier alpha value is -0.0200. The van der Waals surface area contributed by atoms with E-state index >= 15 is 0 Å². The second-order valence-corrected chi connectivity index (χ2v) is 4.67. The fourth-order valence-corrected chi connectivity index (χ4v) is 2.45. The third-order valence-electron chi connectivity index (χ3n) is 2.15. The summed E-state index contributed by atoms with van der Waals surface area (Å²) in [6.45, 7) is 2.60. The van der Waals surface area contributed by atoms with Crippen LogP contribution in [0.1, 0.15) is 32.6 Å². The number of ether oxygens (including phenoxy) is 1. The summed E-state index contributed by atoms with van der Waals surface area (Å²) in [4.78, 5) is 10.6. The fourth-order valence-electron chi connectivity index (χ4n) is 1.41. The van der Waals surface area contributed by atoms with E-state index in [-0.39, 0.29) is 0 Å². The van der Waals surface area contributed by atoms with Crippen molar-refractivity contribution < 1.29 is 9.53 Å². The minimum atomic E-state index is 0.303. The van der Waals surface area contributed by atoms with Crippen molar-refractivity contribution in [2.75, 3.05) is 18.1 Å². The van der Waals surface area contributed by atoms with Gasteiger partial charge < -0.3 is 9.53 Å². The average Bonchev–Trinajstić information content (AvgIpc) is 2.55. The van der Waals surface area contributed by atoms with E-state index in [1.165, 1.54) is 12.8 Å². The van der Waals surface area contributed by atoms with Gasteiger partial charge in [-0.25, -0.2) is 0 Å². The van der Waals surface area contributed by atoms with Gasteiger partial charge in [0.25, 0.3) is 0 Å². The molecule has 0 bridgehead atoms. The normalized spacial score (nSPS) is 22.1. The summed E-state index contributed by atoms with van der Waals surface area (Å²) in [5.41, 5.74) is 0. The number of hydrogen-bond donors (Lipinski definition) is 0. The van der Waals surface area contributed by atoms with Gasteiger partial charge in [0.05, 0.1) is 6.10 Å². The summed E-state index contributed by atoms with van der Waals surface area (Å²) in [5, 5.41) is 0. The van der Waals surface area contributed by atoms with Crippen LogP contribution in [0.15, 0.2) is 0 Å². The Morgan fingerprint density at radius 1 is 1.62 bits per heavy atom. The molecule has 0 aromatic rings. The number of ketones is 1. The van der Waals surface area contributed by atoms with Gasteiger partial charge in [-0.2, -0.15) is 11.8 Å². The number of thioether (sulfide) groups is 1. The SMILES string of the molecule is CC(=O)CCCSCC1CCCO1. The molecule has 0 amide bonds. The summed E-state index contributed by atoms with van der Waals surface area (Å²) < 4.78 is 5.49. The lowest BCUT2D eigenvalue weighted by atomic mass is 10.3. The van der Waals surface area contributed by atoms with E-state index in [1.54, 1.807) is 6.92 Å². The summed E-state index contributed by atoms with van der Waals surface area (Å²) >= 11 is 1.92. The zero-order chi connectivity index (χ0) is 9.52. The molecule has 0 spiro atoms. The van der Waals surface area contributed by atoms with Crippen LogP contribution in [0.5, 0.6) is 0 Å². The van der Waals surface area contributed by atoms with Crippen LogP contribution in [0.3, 0.4) is 0 Å². The molecular weight excluding hydrogens is 184 g/mol. The van der Waals surface area contributed by atoms with Gasteiger partial charge in [0.2, 0.25) is 0 Å². The highest BCUT2D eigenvalue weighted by Crippen LogP contribution is 2.17. The van der Waals surface area contributed by atoms with Crippen molar-refractivity contribution in [3.8, 4) is 0 Å². The van der Waals surface area contributed by atoms with Crippen molar-refractivity contribution in [1.82, 2.24) is 0 Å². The summed E-state index contributed by atoms with van der Waals surface area (Å²) in [6, 6.07) is 0. The van der Waals surface area contributed by atoms with Crippen molar-refractivity contribution in [2.45, 2.75) is 38.7 Å². The first kappa shape index (κ1) is 11.1. The summed E-state index contributed by atoms with van der Waals surface area (Å²) in [5.74, 6) is 2.51. The molecule has 0 N–H and O–H groups in total. The van der Waals surface area contributed by atoms with Gasteiger partial charge in [-0.3, -0.25) is 0 Å². The van der Waals surface area contributed by atoms with Crippen molar-refractivity contribution in [3.63, 3.8) is 0 Å². The molecule has 0 saturated carbocycles. The minimum Gasteiger partial charge on any atom is -0.377 e. The van der Waals surface area contributed by atoms with Gasteiger partial charge in [-0.1, -0.05) is 0 Å². The zero-order valence-corrected chi connectivity index (χ0v) is 9.07. The highest BCUT2D eigenvalue weighted by molar-refractivity contribution is 7.99. The van der Waals surface area contributed by atoms with Crippen LogP contribution in [-0.2, 0) is 9.53 Å². The van der Waals surface area contributed by atoms with Crippen LogP contribution in [0, 0.1) is 0 Å². The zero-order valence-electron chi connectivity index (χ0n) is 8.25. The predicted molar refractivity (Wildman–Crippen MR) is 56.2 cm³/mol. The Kier molecular flexibility index (Phi) is 5.47. The lowest BCUT2D eigenvalue weighted by molar-refractivity contribution is -0.117. The monoisotopic (exact) mass is 202 g/mol. The highest BCUT2D eigenvalue weighted by Gasteiger charge is 2.14. The van der Waals surface area contributed by atoms with Gasteiger partial charge in [0.1, 0.15) is 5.78 Å². The minimum absolute atomic E-state index is 0.303. The Morgan fingerprint density at radius 3 is 3.08 bits per heavy atom. The largest absolute Gasteiger partial charge is 0.377 e. The Bertz CT molecular complexity index is 153.